The smallest absolute Gasteiger partial charge is 0.105 e. The average Bonchev–Trinajstić information content (AvgIpc) is 3.27. The minimum atomic E-state index is 0.790. The number of benzene rings is 9. The molecule has 0 N–H and O–H groups in total. The Bertz CT molecular complexity index is 3080. The monoisotopic (exact) mass is 715 g/mol. The van der Waals surface area contributed by atoms with Gasteiger partial charge in [0.25, 0.3) is 0 Å². The highest BCUT2D eigenvalue weighted by molar-refractivity contribution is 6.30. The standard InChI is InChI=1S/C53H37N3/c1-34-33-47-43-29-15-14-27-41(43)42-28-16-17-30-44(42)51(47)48(35(34)2)50-45(40-26-13-12-25-39(40)36-19-6-3-7-20-36)31-18-32-46(50)53-49(37-21-8-4-9-22-37)52(54-56-55-53)38-23-10-5-11-24-38/h3-33H,1-2H3. The average molecular weight is 716 g/mol. The maximum Gasteiger partial charge on any atom is 0.105 e. The third-order valence-electron chi connectivity index (χ3n) is 11.3. The zero-order valence-electron chi connectivity index (χ0n) is 31.2. The molecular weight excluding hydrogens is 679 g/mol. The summed E-state index contributed by atoms with van der Waals surface area (Å²) in [4.78, 5) is 0. The molecule has 0 aliphatic carbocycles. The van der Waals surface area contributed by atoms with Crippen LogP contribution in [0, 0.1) is 13.8 Å². The lowest BCUT2D eigenvalue weighted by Crippen LogP contribution is -2.03. The van der Waals surface area contributed by atoms with E-state index in [0.29, 0.717) is 0 Å². The van der Waals surface area contributed by atoms with Crippen molar-refractivity contribution in [3.8, 4) is 67.0 Å². The number of hydrogen-bond donors (Lipinski definition) is 0. The summed E-state index contributed by atoms with van der Waals surface area (Å²) in [6.07, 6.45) is 0. The van der Waals surface area contributed by atoms with Crippen LogP contribution in [0.1, 0.15) is 11.1 Å². The van der Waals surface area contributed by atoms with Crippen LogP contribution in [-0.2, 0) is 0 Å². The maximum atomic E-state index is 5.00. The van der Waals surface area contributed by atoms with Gasteiger partial charge in [-0.05, 0) is 101 Å². The van der Waals surface area contributed by atoms with Gasteiger partial charge in [-0.25, -0.2) is 0 Å². The van der Waals surface area contributed by atoms with E-state index in [4.69, 9.17) is 10.2 Å². The lowest BCUT2D eigenvalue weighted by molar-refractivity contribution is 0.879. The molecule has 3 heteroatoms. The van der Waals surface area contributed by atoms with Gasteiger partial charge in [0.2, 0.25) is 0 Å². The van der Waals surface area contributed by atoms with E-state index in [1.54, 1.807) is 0 Å². The number of hydrogen-bond acceptors (Lipinski definition) is 3. The summed E-state index contributed by atoms with van der Waals surface area (Å²) in [5.41, 5.74) is 15.0. The molecule has 0 atom stereocenters. The highest BCUT2D eigenvalue weighted by Crippen LogP contribution is 2.51. The van der Waals surface area contributed by atoms with Crippen molar-refractivity contribution in [1.29, 1.82) is 0 Å². The molecule has 9 aromatic carbocycles. The Balaban J connectivity index is 1.42. The fourth-order valence-corrected chi connectivity index (χ4v) is 8.63. The molecule has 0 saturated carbocycles. The van der Waals surface area contributed by atoms with Crippen molar-refractivity contribution in [3.63, 3.8) is 0 Å². The Morgan fingerprint density at radius 1 is 0.321 bits per heavy atom. The lowest BCUT2D eigenvalue weighted by Gasteiger charge is -2.24. The maximum absolute atomic E-state index is 5.00. The highest BCUT2D eigenvalue weighted by atomic mass is 15.3. The van der Waals surface area contributed by atoms with Crippen LogP contribution in [0.25, 0.3) is 99.3 Å². The van der Waals surface area contributed by atoms with Gasteiger partial charge in [-0.2, -0.15) is 0 Å². The van der Waals surface area contributed by atoms with Crippen molar-refractivity contribution in [2.45, 2.75) is 13.8 Å². The predicted molar refractivity (Wildman–Crippen MR) is 234 cm³/mol. The fourth-order valence-electron chi connectivity index (χ4n) is 8.63. The minimum absolute atomic E-state index is 0.790. The van der Waals surface area contributed by atoms with Crippen LogP contribution in [0.2, 0.25) is 0 Å². The Hall–Kier alpha value is -7.23. The molecule has 10 aromatic rings. The molecule has 0 fully saturated rings. The first-order valence-electron chi connectivity index (χ1n) is 19.1. The number of nitrogens with zero attached hydrogens (tertiary/aromatic N) is 3. The second-order valence-electron chi connectivity index (χ2n) is 14.4. The Labute approximate surface area is 326 Å². The zero-order valence-corrected chi connectivity index (χ0v) is 31.2. The van der Waals surface area contributed by atoms with Gasteiger partial charge in [0, 0.05) is 16.7 Å². The van der Waals surface area contributed by atoms with Gasteiger partial charge < -0.3 is 0 Å². The number of fused-ring (bicyclic) bond motifs is 6. The van der Waals surface area contributed by atoms with E-state index in [1.165, 1.54) is 60.1 Å². The van der Waals surface area contributed by atoms with E-state index >= 15 is 0 Å². The molecule has 0 radical (unpaired) electrons. The number of aryl methyl sites for hydroxylation is 1. The van der Waals surface area contributed by atoms with Gasteiger partial charge >= 0.3 is 0 Å². The molecule has 0 saturated heterocycles. The molecule has 1 aromatic heterocycles. The van der Waals surface area contributed by atoms with Gasteiger partial charge in [-0.1, -0.05) is 188 Å². The van der Waals surface area contributed by atoms with Gasteiger partial charge in [0.1, 0.15) is 11.4 Å². The summed E-state index contributed by atoms with van der Waals surface area (Å²) in [6, 6.07) is 67.1. The van der Waals surface area contributed by atoms with Crippen LogP contribution in [0.3, 0.4) is 0 Å². The van der Waals surface area contributed by atoms with E-state index in [2.05, 4.69) is 201 Å². The predicted octanol–water partition coefficient (Wildman–Crippen LogP) is 14.0. The Morgan fingerprint density at radius 2 is 0.804 bits per heavy atom. The number of aromatic nitrogens is 3. The van der Waals surface area contributed by atoms with E-state index < -0.39 is 0 Å². The first kappa shape index (κ1) is 33.3. The van der Waals surface area contributed by atoms with Crippen LogP contribution in [0.4, 0.5) is 0 Å². The van der Waals surface area contributed by atoms with Crippen LogP contribution in [0.5, 0.6) is 0 Å². The fraction of sp³-hybridized carbons (Fsp3) is 0.0377. The molecular formula is C53H37N3. The van der Waals surface area contributed by atoms with Crippen molar-refractivity contribution in [3.05, 3.63) is 199 Å². The minimum Gasteiger partial charge on any atom is -0.129 e. The highest BCUT2D eigenvalue weighted by Gasteiger charge is 2.27. The van der Waals surface area contributed by atoms with Crippen molar-refractivity contribution < 1.29 is 0 Å². The Kier molecular flexibility index (Phi) is 8.26. The van der Waals surface area contributed by atoms with E-state index in [9.17, 15) is 0 Å². The van der Waals surface area contributed by atoms with Crippen LogP contribution < -0.4 is 0 Å². The second kappa shape index (κ2) is 13.9. The molecule has 264 valence electrons. The lowest BCUT2D eigenvalue weighted by atomic mass is 9.79. The molecule has 1 heterocycles. The summed E-state index contributed by atoms with van der Waals surface area (Å²) < 4.78 is 0. The first-order chi connectivity index (χ1) is 27.7. The van der Waals surface area contributed by atoms with Crippen LogP contribution >= 0.6 is 0 Å². The van der Waals surface area contributed by atoms with E-state index in [1.807, 2.05) is 6.07 Å². The van der Waals surface area contributed by atoms with Crippen molar-refractivity contribution in [1.82, 2.24) is 15.4 Å². The summed E-state index contributed by atoms with van der Waals surface area (Å²) in [5.74, 6) is 0. The molecule has 3 nitrogen and oxygen atoms in total. The van der Waals surface area contributed by atoms with E-state index in [-0.39, 0.29) is 0 Å². The van der Waals surface area contributed by atoms with Gasteiger partial charge in [0.05, 0.1) is 0 Å². The molecule has 10 rings (SSSR count). The molecule has 56 heavy (non-hydrogen) atoms. The second-order valence-corrected chi connectivity index (χ2v) is 14.4. The van der Waals surface area contributed by atoms with Gasteiger partial charge in [-0.15, -0.1) is 10.2 Å². The van der Waals surface area contributed by atoms with Gasteiger partial charge in [0.15, 0.2) is 0 Å². The first-order valence-corrected chi connectivity index (χ1v) is 19.1. The normalized spacial score (nSPS) is 11.4. The largest absolute Gasteiger partial charge is 0.129 e. The van der Waals surface area contributed by atoms with E-state index in [0.717, 1.165) is 50.3 Å². The topological polar surface area (TPSA) is 38.7 Å². The molecule has 0 aliphatic rings. The molecule has 0 aliphatic heterocycles. The van der Waals surface area contributed by atoms with Crippen LogP contribution in [0.15, 0.2) is 188 Å². The molecule has 0 amide bonds. The summed E-state index contributed by atoms with van der Waals surface area (Å²) >= 11 is 0. The van der Waals surface area contributed by atoms with Crippen molar-refractivity contribution in [2.24, 2.45) is 0 Å². The summed E-state index contributed by atoms with van der Waals surface area (Å²) in [5, 5.41) is 21.7. The SMILES string of the molecule is Cc1cc2c3ccccc3c3ccccc3c2c(-c2c(-c3ccccc3-c3ccccc3)cccc2-c2nnnc(-c3ccccc3)c2-c2ccccc2)c1C. The summed E-state index contributed by atoms with van der Waals surface area (Å²) in [6.45, 7) is 4.53. The third-order valence-corrected chi connectivity index (χ3v) is 11.3. The molecule has 0 spiro atoms. The Morgan fingerprint density at radius 3 is 1.48 bits per heavy atom. The third kappa shape index (κ3) is 5.48. The molecule has 0 unspecified atom stereocenters. The quantitative estimate of drug-likeness (QED) is 0.161. The number of rotatable bonds is 6. The van der Waals surface area contributed by atoms with Gasteiger partial charge in [-0.3, -0.25) is 0 Å². The summed E-state index contributed by atoms with van der Waals surface area (Å²) in [7, 11) is 0. The van der Waals surface area contributed by atoms with Crippen LogP contribution in [-0.4, -0.2) is 15.4 Å². The van der Waals surface area contributed by atoms with Crippen molar-refractivity contribution in [2.75, 3.05) is 0 Å². The molecule has 0 bridgehead atoms. The van der Waals surface area contributed by atoms with Crippen molar-refractivity contribution >= 4 is 32.3 Å². The zero-order chi connectivity index (χ0) is 37.6.